The Balaban J connectivity index is 1.23. The second-order valence-corrected chi connectivity index (χ2v) is 13.5. The van der Waals surface area contributed by atoms with Crippen LogP contribution in [0.4, 0.5) is 0 Å². The van der Waals surface area contributed by atoms with Crippen molar-refractivity contribution < 1.29 is 14.3 Å². The molecule has 0 spiro atoms. The molecule has 6 atom stereocenters. The minimum atomic E-state index is -0.174. The van der Waals surface area contributed by atoms with E-state index in [4.69, 9.17) is 20.4 Å². The van der Waals surface area contributed by atoms with Gasteiger partial charge in [0.25, 0.3) is 5.91 Å². The molecule has 1 saturated carbocycles. The number of carbonyl (C=O) groups is 2. The molecular weight excluding hydrogens is 554 g/mol. The van der Waals surface area contributed by atoms with Crippen LogP contribution in [0.5, 0.6) is 5.75 Å². The van der Waals surface area contributed by atoms with Gasteiger partial charge >= 0.3 is 0 Å². The molecule has 230 valence electrons. The number of benzene rings is 1. The predicted molar refractivity (Wildman–Crippen MR) is 168 cm³/mol. The number of rotatable bonds is 3. The molecule has 4 aliphatic rings. The summed E-state index contributed by atoms with van der Waals surface area (Å²) in [5, 5.41) is 4.19. The fraction of sp³-hybridized carbons (Fsp3) is 0.529. The monoisotopic (exact) mass is 595 g/mol. The highest BCUT2D eigenvalue weighted by molar-refractivity contribution is 6.00. The normalized spacial score (nSPS) is 28.4. The van der Waals surface area contributed by atoms with Crippen LogP contribution < -0.4 is 15.8 Å². The number of methoxy groups -OCH3 is 1. The van der Waals surface area contributed by atoms with Crippen molar-refractivity contribution in [2.45, 2.75) is 89.0 Å². The summed E-state index contributed by atoms with van der Waals surface area (Å²) in [5.41, 5.74) is 11.3. The number of pyridine rings is 1. The molecule has 8 rings (SSSR count). The van der Waals surface area contributed by atoms with Gasteiger partial charge in [0.05, 0.1) is 30.1 Å². The molecule has 2 amide bonds. The Hall–Kier alpha value is -3.92. The van der Waals surface area contributed by atoms with Gasteiger partial charge in [0.15, 0.2) is 5.82 Å². The second-order valence-electron chi connectivity index (χ2n) is 13.5. The van der Waals surface area contributed by atoms with Gasteiger partial charge in [-0.3, -0.25) is 9.59 Å². The van der Waals surface area contributed by atoms with Gasteiger partial charge in [0.1, 0.15) is 16.9 Å². The van der Waals surface area contributed by atoms with Crippen molar-refractivity contribution in [1.82, 2.24) is 29.3 Å². The summed E-state index contributed by atoms with van der Waals surface area (Å²) in [5.74, 6) is 2.80. The van der Waals surface area contributed by atoms with Crippen LogP contribution in [0.2, 0.25) is 0 Å². The summed E-state index contributed by atoms with van der Waals surface area (Å²) >= 11 is 0. The molecule has 2 saturated heterocycles. The Morgan fingerprint density at radius 1 is 1.07 bits per heavy atom. The molecule has 3 aliphatic heterocycles. The van der Waals surface area contributed by atoms with Gasteiger partial charge in [-0.15, -0.1) is 0 Å². The lowest BCUT2D eigenvalue weighted by atomic mass is 9.97. The van der Waals surface area contributed by atoms with Crippen LogP contribution >= 0.6 is 0 Å². The number of aromatic nitrogens is 4. The second kappa shape index (κ2) is 10.3. The third kappa shape index (κ3) is 4.40. The first-order chi connectivity index (χ1) is 21.3. The molecule has 6 heterocycles. The fourth-order valence-corrected chi connectivity index (χ4v) is 8.27. The number of fused-ring (bicyclic) bond motifs is 5. The molecule has 1 aromatic carbocycles. The number of hydrogen-bond acceptors (Lipinski definition) is 6. The lowest BCUT2D eigenvalue weighted by Gasteiger charge is -2.23. The van der Waals surface area contributed by atoms with Gasteiger partial charge in [0, 0.05) is 49.1 Å². The zero-order valence-corrected chi connectivity index (χ0v) is 25.8. The Labute approximate surface area is 256 Å². The first kappa shape index (κ1) is 27.6. The number of hydrogen-bond donors (Lipinski definition) is 2. The van der Waals surface area contributed by atoms with Gasteiger partial charge in [0.2, 0.25) is 5.91 Å². The highest BCUT2D eigenvalue weighted by atomic mass is 16.5. The standard InChI is InChI=1S/C34H41N7O3/c1-18-25-10-8-20-14-28(40(32(20)37-25)17-22-12-19(22)6-4-5-7-30(42)36-18)33-38-26-13-21(15-29(44-3)31(26)39(33)2)34(43)41-23-9-11-27(41)24(35)16-23/h8,10,13-15,18-19,22-24,27H,4-7,9,11-12,16-17,35H2,1-3H3,(H,36,42)/t18-,19-,22-,23+,24-,27-/m1/s1. The fourth-order valence-electron chi connectivity index (χ4n) is 8.27. The minimum absolute atomic E-state index is 0.0119. The summed E-state index contributed by atoms with van der Waals surface area (Å²) in [6.07, 6.45) is 7.79. The van der Waals surface area contributed by atoms with Gasteiger partial charge in [-0.05, 0) is 81.2 Å². The first-order valence-electron chi connectivity index (χ1n) is 16.2. The van der Waals surface area contributed by atoms with E-state index in [9.17, 15) is 9.59 Å². The smallest absolute Gasteiger partial charge is 0.254 e. The molecule has 1 aliphatic carbocycles. The SMILES string of the molecule is COc1cc(C(=O)N2[C@H]3CC[C@@H]2[C@H](N)C3)cc2nc(-c3cc4ccc5nc4n3C[C@H]3C[C@H]3CCCCC(=O)N[C@@H]5C)n(C)c12. The van der Waals surface area contributed by atoms with Crippen LogP contribution in [0.15, 0.2) is 30.3 Å². The van der Waals surface area contributed by atoms with Crippen molar-refractivity contribution in [3.8, 4) is 17.3 Å². The van der Waals surface area contributed by atoms with E-state index < -0.39 is 0 Å². The number of nitrogens with zero attached hydrogens (tertiary/aromatic N) is 5. The van der Waals surface area contributed by atoms with Crippen LogP contribution in [-0.2, 0) is 18.4 Å². The van der Waals surface area contributed by atoms with Crippen LogP contribution in [0.25, 0.3) is 33.6 Å². The quantitative estimate of drug-likeness (QED) is 0.355. The highest BCUT2D eigenvalue weighted by Crippen LogP contribution is 2.45. The number of ether oxygens (including phenoxy) is 1. The molecule has 10 nitrogen and oxygen atoms in total. The van der Waals surface area contributed by atoms with Crippen molar-refractivity contribution in [3.05, 3.63) is 41.6 Å². The van der Waals surface area contributed by atoms with Gasteiger partial charge in [-0.1, -0.05) is 12.8 Å². The minimum Gasteiger partial charge on any atom is -0.494 e. The number of carbonyl (C=O) groups excluding carboxylic acids is 2. The maximum Gasteiger partial charge on any atom is 0.254 e. The van der Waals surface area contributed by atoms with E-state index in [1.54, 1.807) is 7.11 Å². The highest BCUT2D eigenvalue weighted by Gasteiger charge is 2.47. The van der Waals surface area contributed by atoms with Crippen LogP contribution in [0, 0.1) is 11.8 Å². The lowest BCUT2D eigenvalue weighted by Crippen LogP contribution is -2.40. The maximum atomic E-state index is 13.8. The number of nitrogens with two attached hydrogens (primary N) is 1. The summed E-state index contributed by atoms with van der Waals surface area (Å²) in [6, 6.07) is 10.3. The average molecular weight is 596 g/mol. The van der Waals surface area contributed by atoms with Crippen LogP contribution in [0.3, 0.4) is 0 Å². The van der Waals surface area contributed by atoms with E-state index in [0.717, 1.165) is 84.3 Å². The molecule has 0 radical (unpaired) electrons. The van der Waals surface area contributed by atoms with Crippen molar-refractivity contribution in [3.63, 3.8) is 0 Å². The number of aryl methyl sites for hydroxylation is 1. The summed E-state index contributed by atoms with van der Waals surface area (Å²) in [7, 11) is 3.66. The Kier molecular flexibility index (Phi) is 6.48. The summed E-state index contributed by atoms with van der Waals surface area (Å²) in [6.45, 7) is 2.88. The third-order valence-electron chi connectivity index (χ3n) is 10.8. The topological polar surface area (TPSA) is 120 Å². The zero-order chi connectivity index (χ0) is 30.3. The average Bonchev–Trinajstić information content (AvgIpc) is 3.27. The van der Waals surface area contributed by atoms with Crippen LogP contribution in [0.1, 0.15) is 80.4 Å². The zero-order valence-electron chi connectivity index (χ0n) is 25.8. The van der Waals surface area contributed by atoms with Crippen molar-refractivity contribution in [1.29, 1.82) is 0 Å². The molecule has 44 heavy (non-hydrogen) atoms. The van der Waals surface area contributed by atoms with Gasteiger partial charge in [-0.2, -0.15) is 0 Å². The Bertz CT molecular complexity index is 1810. The third-order valence-corrected chi connectivity index (χ3v) is 10.8. The van der Waals surface area contributed by atoms with Crippen molar-refractivity contribution >= 4 is 33.9 Å². The predicted octanol–water partition coefficient (Wildman–Crippen LogP) is 4.69. The van der Waals surface area contributed by atoms with E-state index in [2.05, 4.69) is 26.6 Å². The van der Waals surface area contributed by atoms with Gasteiger partial charge in [-0.25, -0.2) is 9.97 Å². The maximum absolute atomic E-state index is 13.8. The molecule has 4 aromatic rings. The molecular formula is C34H41N7O3. The number of imidazole rings is 1. The van der Waals surface area contributed by atoms with Gasteiger partial charge < -0.3 is 29.8 Å². The number of nitrogens with one attached hydrogen (secondary N) is 1. The van der Waals surface area contributed by atoms with Crippen molar-refractivity contribution in [2.75, 3.05) is 7.11 Å². The molecule has 3 aromatic heterocycles. The van der Waals surface area contributed by atoms with E-state index in [0.29, 0.717) is 29.6 Å². The lowest BCUT2D eigenvalue weighted by molar-refractivity contribution is -0.121. The van der Waals surface area contributed by atoms with Crippen molar-refractivity contribution in [2.24, 2.45) is 24.6 Å². The van der Waals surface area contributed by atoms with E-state index in [1.807, 2.05) is 37.1 Å². The van der Waals surface area contributed by atoms with E-state index >= 15 is 0 Å². The number of amides is 2. The Morgan fingerprint density at radius 3 is 2.70 bits per heavy atom. The first-order valence-corrected chi connectivity index (χ1v) is 16.2. The summed E-state index contributed by atoms with van der Waals surface area (Å²) < 4.78 is 10.3. The molecule has 0 unspecified atom stereocenters. The largest absolute Gasteiger partial charge is 0.494 e. The Morgan fingerprint density at radius 2 is 1.93 bits per heavy atom. The van der Waals surface area contributed by atoms with Crippen LogP contribution in [-0.4, -0.2) is 61.1 Å². The molecule has 10 heteroatoms. The molecule has 4 bridgehead atoms. The van der Waals surface area contributed by atoms with E-state index in [1.165, 1.54) is 6.42 Å². The summed E-state index contributed by atoms with van der Waals surface area (Å²) in [4.78, 5) is 38.7. The molecule has 3 fully saturated rings. The van der Waals surface area contributed by atoms with E-state index in [-0.39, 0.29) is 36.0 Å². The molecule has 3 N–H and O–H groups in total.